The number of carbonyl (C=O) groups excluding carboxylic acids is 2. The molecule has 0 radical (unpaired) electrons. The zero-order valence-corrected chi connectivity index (χ0v) is 17.4. The van der Waals surface area contributed by atoms with Gasteiger partial charge in [-0.3, -0.25) is 14.7 Å². The smallest absolute Gasteiger partial charge is 0.402 e. The molecular formula is C16H10F2INO9S. The van der Waals surface area contributed by atoms with Gasteiger partial charge in [-0.15, -0.1) is 0 Å². The van der Waals surface area contributed by atoms with Crippen LogP contribution in [-0.4, -0.2) is 41.7 Å². The lowest BCUT2D eigenvalue weighted by molar-refractivity contribution is -0.385. The number of hydrogen-bond acceptors (Lipinski definition) is 8. The van der Waals surface area contributed by atoms with Gasteiger partial charge in [-0.1, -0.05) is 12.1 Å². The Kier molecular flexibility index (Phi) is 7.04. The van der Waals surface area contributed by atoms with Crippen molar-refractivity contribution in [3.05, 3.63) is 67.3 Å². The van der Waals surface area contributed by atoms with E-state index >= 15 is 0 Å². The maximum absolute atomic E-state index is 13.2. The molecule has 2 aromatic rings. The van der Waals surface area contributed by atoms with Crippen LogP contribution in [0.1, 0.15) is 20.7 Å². The lowest BCUT2D eigenvalue weighted by Gasteiger charge is -2.13. The highest BCUT2D eigenvalue weighted by Crippen LogP contribution is 2.27. The molecule has 0 aliphatic heterocycles. The highest BCUT2D eigenvalue weighted by Gasteiger charge is 2.46. The number of nitrogens with zero attached hydrogens (tertiary/aromatic N) is 1. The summed E-state index contributed by atoms with van der Waals surface area (Å²) in [4.78, 5) is 34.3. The minimum atomic E-state index is -5.88. The summed E-state index contributed by atoms with van der Waals surface area (Å²) in [5, 5.41) is 6.26. The van der Waals surface area contributed by atoms with Gasteiger partial charge in [0.15, 0.2) is 6.61 Å². The molecule has 0 atom stereocenters. The molecule has 0 aliphatic carbocycles. The summed E-state index contributed by atoms with van der Waals surface area (Å²) in [5.41, 5.74) is -1.59. The first-order chi connectivity index (χ1) is 13.8. The number of alkyl halides is 2. The molecule has 0 heterocycles. The second-order valence-corrected chi connectivity index (χ2v) is 8.20. The molecule has 0 spiro atoms. The summed E-state index contributed by atoms with van der Waals surface area (Å²) in [6.07, 6.45) is 0. The monoisotopic (exact) mass is 557 g/mol. The summed E-state index contributed by atoms with van der Waals surface area (Å²) in [6, 6.07) is 8.77. The van der Waals surface area contributed by atoms with E-state index in [1.165, 1.54) is 6.07 Å². The van der Waals surface area contributed by atoms with Gasteiger partial charge in [-0.05, 0) is 40.8 Å². The average molecular weight is 557 g/mol. The predicted molar refractivity (Wildman–Crippen MR) is 104 cm³/mol. The van der Waals surface area contributed by atoms with Crippen molar-refractivity contribution in [3.8, 4) is 5.75 Å². The van der Waals surface area contributed by atoms with Crippen LogP contribution in [0.25, 0.3) is 0 Å². The number of ether oxygens (including phenoxy) is 2. The van der Waals surface area contributed by atoms with Crippen molar-refractivity contribution in [1.82, 2.24) is 0 Å². The van der Waals surface area contributed by atoms with Crippen molar-refractivity contribution >= 4 is 50.3 Å². The minimum Gasteiger partial charge on any atom is -0.454 e. The Bertz CT molecular complexity index is 1120. The van der Waals surface area contributed by atoms with Crippen LogP contribution >= 0.6 is 22.6 Å². The number of hydrogen-bond donors (Lipinski definition) is 1. The fraction of sp³-hybridized carbons (Fsp3) is 0.125. The van der Waals surface area contributed by atoms with Gasteiger partial charge in [0.2, 0.25) is 0 Å². The highest BCUT2D eigenvalue weighted by molar-refractivity contribution is 14.1. The van der Waals surface area contributed by atoms with Crippen LogP contribution in [0.3, 0.4) is 0 Å². The number of nitro groups is 1. The van der Waals surface area contributed by atoms with Gasteiger partial charge in [0.25, 0.3) is 5.69 Å². The molecule has 30 heavy (non-hydrogen) atoms. The van der Waals surface area contributed by atoms with E-state index in [1.807, 2.05) is 22.6 Å². The van der Waals surface area contributed by atoms with E-state index in [-0.39, 0.29) is 11.3 Å². The molecule has 0 unspecified atom stereocenters. The molecule has 1 N–H and O–H groups in total. The Balaban J connectivity index is 2.30. The molecule has 10 nitrogen and oxygen atoms in total. The van der Waals surface area contributed by atoms with E-state index in [1.54, 1.807) is 18.2 Å². The molecule has 160 valence electrons. The topological polar surface area (TPSA) is 150 Å². The van der Waals surface area contributed by atoms with Crippen molar-refractivity contribution in [2.24, 2.45) is 0 Å². The van der Waals surface area contributed by atoms with Crippen LogP contribution in [0.2, 0.25) is 0 Å². The summed E-state index contributed by atoms with van der Waals surface area (Å²) >= 11 is 1.87. The van der Waals surface area contributed by atoms with E-state index in [0.717, 1.165) is 12.1 Å². The molecule has 2 aromatic carbocycles. The summed E-state index contributed by atoms with van der Waals surface area (Å²) < 4.78 is 65.7. The Morgan fingerprint density at radius 2 is 1.77 bits per heavy atom. The first-order valence-electron chi connectivity index (χ1n) is 7.60. The molecule has 14 heteroatoms. The van der Waals surface area contributed by atoms with Crippen LogP contribution in [0.4, 0.5) is 14.5 Å². The zero-order chi connectivity index (χ0) is 22.7. The van der Waals surface area contributed by atoms with Gasteiger partial charge in [-0.2, -0.15) is 17.2 Å². The SMILES string of the molecule is O=C(Oc1ccc([N+](=O)[O-])c(C(=O)OCC(F)(F)S(=O)(=O)O)c1)c1ccccc1I. The average Bonchev–Trinajstić information content (AvgIpc) is 2.65. The molecule has 0 bridgehead atoms. The Morgan fingerprint density at radius 1 is 1.13 bits per heavy atom. The second kappa shape index (κ2) is 8.97. The second-order valence-electron chi connectivity index (χ2n) is 5.49. The summed E-state index contributed by atoms with van der Waals surface area (Å²) in [5.74, 6) is -2.89. The molecule has 0 aliphatic rings. The van der Waals surface area contributed by atoms with E-state index in [2.05, 4.69) is 4.74 Å². The van der Waals surface area contributed by atoms with Gasteiger partial charge < -0.3 is 9.47 Å². The maximum atomic E-state index is 13.2. The van der Waals surface area contributed by atoms with E-state index in [9.17, 15) is 36.9 Å². The third-order valence-corrected chi connectivity index (χ3v) is 5.25. The first kappa shape index (κ1) is 23.6. The Labute approximate surface area is 180 Å². The normalized spacial score (nSPS) is 11.6. The lowest BCUT2D eigenvalue weighted by atomic mass is 10.1. The lowest BCUT2D eigenvalue weighted by Crippen LogP contribution is -2.34. The number of nitro benzene ring substituents is 1. The third-order valence-electron chi connectivity index (χ3n) is 3.44. The van der Waals surface area contributed by atoms with Gasteiger partial charge >= 0.3 is 27.3 Å². The van der Waals surface area contributed by atoms with Crippen LogP contribution in [-0.2, 0) is 14.9 Å². The number of halogens is 3. The largest absolute Gasteiger partial charge is 0.454 e. The van der Waals surface area contributed by atoms with E-state index < -0.39 is 50.1 Å². The van der Waals surface area contributed by atoms with Gasteiger partial charge in [0.1, 0.15) is 11.3 Å². The number of rotatable bonds is 7. The summed E-state index contributed by atoms with van der Waals surface area (Å²) in [6.45, 7) is -2.09. The molecule has 0 aromatic heterocycles. The van der Waals surface area contributed by atoms with Crippen LogP contribution in [0.5, 0.6) is 5.75 Å². The standard InChI is InChI=1S/C16H10F2INO9S/c17-16(18,30(25,26)27)8-28-14(21)11-7-9(5-6-13(11)20(23)24)29-15(22)10-3-1-2-4-12(10)19/h1-7H,8H2,(H,25,26,27). The van der Waals surface area contributed by atoms with Crippen molar-refractivity contribution in [2.45, 2.75) is 5.25 Å². The van der Waals surface area contributed by atoms with E-state index in [4.69, 9.17) is 9.29 Å². The highest BCUT2D eigenvalue weighted by atomic mass is 127. The Morgan fingerprint density at radius 3 is 2.33 bits per heavy atom. The number of carbonyl (C=O) groups is 2. The van der Waals surface area contributed by atoms with Crippen LogP contribution in [0.15, 0.2) is 42.5 Å². The fourth-order valence-electron chi connectivity index (χ4n) is 1.99. The molecular weight excluding hydrogens is 547 g/mol. The summed E-state index contributed by atoms with van der Waals surface area (Å²) in [7, 11) is -5.88. The molecule has 0 fully saturated rings. The predicted octanol–water partition coefficient (Wildman–Crippen LogP) is 3.06. The van der Waals surface area contributed by atoms with E-state index in [0.29, 0.717) is 9.64 Å². The maximum Gasteiger partial charge on any atom is 0.402 e. The van der Waals surface area contributed by atoms with Gasteiger partial charge in [0, 0.05) is 15.7 Å². The quantitative estimate of drug-likeness (QED) is 0.135. The fourth-order valence-corrected chi connectivity index (χ4v) is 2.81. The third kappa shape index (κ3) is 5.45. The first-order valence-corrected chi connectivity index (χ1v) is 10.1. The Hall–Kier alpha value is -2.72. The molecule has 2 rings (SSSR count). The number of esters is 2. The van der Waals surface area contributed by atoms with Crippen LogP contribution < -0.4 is 4.74 Å². The molecule has 0 saturated heterocycles. The van der Waals surface area contributed by atoms with Crippen molar-refractivity contribution < 1.29 is 45.7 Å². The molecule has 0 amide bonds. The van der Waals surface area contributed by atoms with Crippen LogP contribution in [0, 0.1) is 13.7 Å². The minimum absolute atomic E-state index is 0.161. The number of benzene rings is 2. The van der Waals surface area contributed by atoms with Gasteiger partial charge in [0.05, 0.1) is 10.5 Å². The van der Waals surface area contributed by atoms with Gasteiger partial charge in [-0.25, -0.2) is 9.59 Å². The van der Waals surface area contributed by atoms with Crippen molar-refractivity contribution in [3.63, 3.8) is 0 Å². The molecule has 0 saturated carbocycles. The van der Waals surface area contributed by atoms with Crippen molar-refractivity contribution in [1.29, 1.82) is 0 Å². The zero-order valence-electron chi connectivity index (χ0n) is 14.5. The van der Waals surface area contributed by atoms with Crippen molar-refractivity contribution in [2.75, 3.05) is 6.61 Å².